The van der Waals surface area contributed by atoms with Crippen molar-refractivity contribution in [2.45, 2.75) is 65.3 Å². The molecule has 0 unspecified atom stereocenters. The van der Waals surface area contributed by atoms with Crippen molar-refractivity contribution < 1.29 is 4.74 Å². The minimum atomic E-state index is 0.442. The number of aromatic nitrogens is 1. The Balaban J connectivity index is 1.69. The van der Waals surface area contributed by atoms with Crippen LogP contribution in [0.4, 0.5) is 0 Å². The van der Waals surface area contributed by atoms with Crippen LogP contribution < -0.4 is 0 Å². The molecule has 2 aliphatic rings. The van der Waals surface area contributed by atoms with Crippen LogP contribution in [0.1, 0.15) is 76.1 Å². The maximum atomic E-state index is 5.39. The Labute approximate surface area is 187 Å². The summed E-state index contributed by atoms with van der Waals surface area (Å²) in [6, 6.07) is 7.79. The van der Waals surface area contributed by atoms with Gasteiger partial charge in [-0.15, -0.1) is 0 Å². The van der Waals surface area contributed by atoms with Crippen LogP contribution in [0.3, 0.4) is 0 Å². The predicted octanol–water partition coefficient (Wildman–Crippen LogP) is 6.80. The predicted molar refractivity (Wildman–Crippen MR) is 133 cm³/mol. The van der Waals surface area contributed by atoms with Crippen LogP contribution in [-0.2, 0) is 4.74 Å². The molecule has 2 fully saturated rings. The Morgan fingerprint density at radius 2 is 1.90 bits per heavy atom. The quantitative estimate of drug-likeness (QED) is 0.523. The van der Waals surface area contributed by atoms with E-state index in [4.69, 9.17) is 4.74 Å². The number of allylic oxidation sites excluding steroid dienone is 5. The molecule has 3 heterocycles. The second kappa shape index (κ2) is 9.18. The second-order valence-electron chi connectivity index (χ2n) is 9.75. The fourth-order valence-corrected chi connectivity index (χ4v) is 5.11. The van der Waals surface area contributed by atoms with E-state index in [0.717, 1.165) is 18.8 Å². The third-order valence-corrected chi connectivity index (χ3v) is 7.10. The van der Waals surface area contributed by atoms with Gasteiger partial charge in [0.1, 0.15) is 0 Å². The van der Waals surface area contributed by atoms with Gasteiger partial charge < -0.3 is 9.72 Å². The van der Waals surface area contributed by atoms with Crippen molar-refractivity contribution in [3.05, 3.63) is 64.9 Å². The molecule has 31 heavy (non-hydrogen) atoms. The highest BCUT2D eigenvalue weighted by Gasteiger charge is 2.30. The fraction of sp³-hybridized carbons (Fsp3) is 0.500. The summed E-state index contributed by atoms with van der Waals surface area (Å²) in [4.78, 5) is 6.39. The molecule has 0 radical (unpaired) electrons. The topological polar surface area (TPSA) is 28.3 Å². The van der Waals surface area contributed by atoms with Crippen LogP contribution in [-0.4, -0.2) is 42.2 Å². The van der Waals surface area contributed by atoms with Gasteiger partial charge in [0, 0.05) is 16.5 Å². The summed E-state index contributed by atoms with van der Waals surface area (Å²) >= 11 is 0. The van der Waals surface area contributed by atoms with Gasteiger partial charge in [-0.3, -0.25) is 4.90 Å². The van der Waals surface area contributed by atoms with E-state index in [9.17, 15) is 0 Å². The molecule has 0 atom stereocenters. The Kier molecular flexibility index (Phi) is 6.55. The maximum Gasteiger partial charge on any atom is 0.0645 e. The van der Waals surface area contributed by atoms with Gasteiger partial charge in [0.25, 0.3) is 0 Å². The molecule has 0 saturated carbocycles. The van der Waals surface area contributed by atoms with Gasteiger partial charge in [0.2, 0.25) is 0 Å². The highest BCUT2D eigenvalue weighted by atomic mass is 16.5. The van der Waals surface area contributed by atoms with Crippen molar-refractivity contribution in [2.75, 3.05) is 26.3 Å². The molecule has 1 aromatic carbocycles. The van der Waals surface area contributed by atoms with E-state index in [2.05, 4.69) is 81.4 Å². The zero-order valence-electron chi connectivity index (χ0n) is 19.9. The summed E-state index contributed by atoms with van der Waals surface area (Å²) in [5.41, 5.74) is 9.03. The Morgan fingerprint density at radius 1 is 1.19 bits per heavy atom. The number of nitrogens with zero attached hydrogens (tertiary/aromatic N) is 1. The number of rotatable bonds is 6. The third-order valence-electron chi connectivity index (χ3n) is 7.10. The molecule has 166 valence electrons. The van der Waals surface area contributed by atoms with Crippen molar-refractivity contribution >= 4 is 16.5 Å². The minimum Gasteiger partial charge on any atom is -0.378 e. The molecule has 4 rings (SSSR count). The molecule has 2 saturated heterocycles. The summed E-state index contributed by atoms with van der Waals surface area (Å²) in [6.07, 6.45) is 6.90. The average molecular weight is 419 g/mol. The van der Waals surface area contributed by atoms with E-state index >= 15 is 0 Å². The Morgan fingerprint density at radius 3 is 2.45 bits per heavy atom. The van der Waals surface area contributed by atoms with Crippen molar-refractivity contribution in [2.24, 2.45) is 0 Å². The smallest absolute Gasteiger partial charge is 0.0645 e. The van der Waals surface area contributed by atoms with Crippen LogP contribution in [0.15, 0.2) is 48.1 Å². The maximum absolute atomic E-state index is 5.39. The lowest BCUT2D eigenvalue weighted by molar-refractivity contribution is -0.0712. The fourth-order valence-electron chi connectivity index (χ4n) is 5.11. The molecule has 0 amide bonds. The lowest BCUT2D eigenvalue weighted by atomic mass is 9.86. The first-order valence-corrected chi connectivity index (χ1v) is 11.9. The van der Waals surface area contributed by atoms with E-state index in [1.54, 1.807) is 0 Å². The summed E-state index contributed by atoms with van der Waals surface area (Å²) in [7, 11) is 0. The highest BCUT2D eigenvalue weighted by molar-refractivity contribution is 5.93. The lowest BCUT2D eigenvalue weighted by Crippen LogP contribution is -2.51. The number of aromatic amines is 1. The molecule has 3 nitrogen and oxygen atoms in total. The number of benzene rings is 1. The first kappa shape index (κ1) is 22.1. The number of ether oxygens (including phenoxy) is 1. The molecule has 0 aliphatic carbocycles. The van der Waals surface area contributed by atoms with Crippen molar-refractivity contribution in [1.82, 2.24) is 9.88 Å². The van der Waals surface area contributed by atoms with Gasteiger partial charge in [0.15, 0.2) is 0 Å². The molecule has 2 aliphatic heterocycles. The van der Waals surface area contributed by atoms with E-state index in [1.807, 2.05) is 0 Å². The van der Waals surface area contributed by atoms with Gasteiger partial charge in [0.05, 0.1) is 24.9 Å². The number of likely N-dealkylation sites (tertiary alicyclic amines) is 1. The van der Waals surface area contributed by atoms with Crippen LogP contribution in [0.5, 0.6) is 0 Å². The first-order valence-electron chi connectivity index (χ1n) is 11.9. The molecular formula is C28H38N2O. The van der Waals surface area contributed by atoms with Crippen LogP contribution >= 0.6 is 0 Å². The largest absolute Gasteiger partial charge is 0.378 e. The second-order valence-corrected chi connectivity index (χ2v) is 9.75. The molecule has 2 aromatic rings. The van der Waals surface area contributed by atoms with Gasteiger partial charge in [-0.25, -0.2) is 0 Å². The molecule has 0 bridgehead atoms. The SMILES string of the molecule is C=C(C)/C=C(\C(C)=C/C)c1[nH]c2ccc(C3CCN(C4COC4)CC3)cc2c1C(C)C. The van der Waals surface area contributed by atoms with Gasteiger partial charge in [-0.05, 0) is 87.4 Å². The molecule has 3 heteroatoms. The van der Waals surface area contributed by atoms with Gasteiger partial charge >= 0.3 is 0 Å². The molecule has 1 N–H and O–H groups in total. The number of nitrogens with one attached hydrogen (secondary N) is 1. The van der Waals surface area contributed by atoms with Crippen LogP contribution in [0.2, 0.25) is 0 Å². The summed E-state index contributed by atoms with van der Waals surface area (Å²) in [5.74, 6) is 1.10. The number of hydrogen-bond donors (Lipinski definition) is 1. The van der Waals surface area contributed by atoms with E-state index in [-0.39, 0.29) is 0 Å². The summed E-state index contributed by atoms with van der Waals surface area (Å²) in [6.45, 7) is 19.4. The third kappa shape index (κ3) is 4.44. The number of fused-ring (bicyclic) bond motifs is 1. The average Bonchev–Trinajstić information content (AvgIpc) is 3.09. The number of piperidine rings is 1. The highest BCUT2D eigenvalue weighted by Crippen LogP contribution is 2.39. The zero-order chi connectivity index (χ0) is 22.1. The Bertz CT molecular complexity index is 1010. The number of hydrogen-bond acceptors (Lipinski definition) is 2. The van der Waals surface area contributed by atoms with Crippen LogP contribution in [0, 0.1) is 0 Å². The van der Waals surface area contributed by atoms with E-state index < -0.39 is 0 Å². The normalized spacial score (nSPS) is 19.9. The monoisotopic (exact) mass is 418 g/mol. The zero-order valence-corrected chi connectivity index (χ0v) is 19.9. The van der Waals surface area contributed by atoms with Crippen molar-refractivity contribution in [3.8, 4) is 0 Å². The molecule has 0 spiro atoms. The van der Waals surface area contributed by atoms with Crippen LogP contribution in [0.25, 0.3) is 16.5 Å². The first-order chi connectivity index (χ1) is 14.9. The van der Waals surface area contributed by atoms with Crippen molar-refractivity contribution in [3.63, 3.8) is 0 Å². The standard InChI is InChI=1S/C28H38N2O/c1-7-20(6)24(14-18(2)3)28-27(19(4)5)25-15-22(8-9-26(25)29-28)21-10-12-30(13-11-21)23-16-31-17-23/h7-9,14-15,19,21,23,29H,2,10-13,16-17H2,1,3-6H3/b20-7-,24-14+. The molecular weight excluding hydrogens is 380 g/mol. The lowest BCUT2D eigenvalue weighted by Gasteiger charge is -2.41. The molecule has 1 aromatic heterocycles. The number of H-pyrrole nitrogens is 1. The summed E-state index contributed by atoms with van der Waals surface area (Å²) in [5, 5.41) is 1.38. The van der Waals surface area contributed by atoms with Gasteiger partial charge in [-0.1, -0.05) is 44.2 Å². The van der Waals surface area contributed by atoms with E-state index in [0.29, 0.717) is 17.9 Å². The minimum absolute atomic E-state index is 0.442. The van der Waals surface area contributed by atoms with Crippen molar-refractivity contribution in [1.29, 1.82) is 0 Å². The van der Waals surface area contributed by atoms with Gasteiger partial charge in [-0.2, -0.15) is 0 Å². The van der Waals surface area contributed by atoms with E-state index in [1.165, 1.54) is 64.8 Å². The Hall–Kier alpha value is -2.10. The summed E-state index contributed by atoms with van der Waals surface area (Å²) < 4.78 is 5.39.